The van der Waals surface area contributed by atoms with Crippen molar-refractivity contribution in [2.75, 3.05) is 23.3 Å². The molecule has 1 aliphatic rings. The lowest BCUT2D eigenvalue weighted by molar-refractivity contribution is 0.102. The summed E-state index contributed by atoms with van der Waals surface area (Å²) in [5.41, 5.74) is 7.50. The van der Waals surface area contributed by atoms with E-state index >= 15 is 0 Å². The second-order valence-electron chi connectivity index (χ2n) is 8.89. The van der Waals surface area contributed by atoms with Crippen LogP contribution in [0.15, 0.2) is 47.3 Å². The highest BCUT2D eigenvalue weighted by Gasteiger charge is 2.25. The van der Waals surface area contributed by atoms with Crippen LogP contribution in [0.5, 0.6) is 0 Å². The molecule has 5 rings (SSSR count). The summed E-state index contributed by atoms with van der Waals surface area (Å²) >= 11 is 0. The van der Waals surface area contributed by atoms with Crippen LogP contribution in [0.2, 0.25) is 0 Å². The maximum atomic E-state index is 14.3. The van der Waals surface area contributed by atoms with Gasteiger partial charge in [0.25, 0.3) is 11.5 Å². The molecule has 4 aromatic rings. The normalized spacial score (nSPS) is 15.9. The number of amides is 1. The van der Waals surface area contributed by atoms with E-state index in [4.69, 9.17) is 10.7 Å². The molecule has 0 saturated carbocycles. The van der Waals surface area contributed by atoms with Gasteiger partial charge in [-0.15, -0.1) is 0 Å². The number of rotatable bonds is 4. The van der Waals surface area contributed by atoms with E-state index in [1.165, 1.54) is 12.1 Å². The number of hydrogen-bond donors (Lipinski definition) is 2. The first-order valence-corrected chi connectivity index (χ1v) is 11.6. The predicted molar refractivity (Wildman–Crippen MR) is 133 cm³/mol. The van der Waals surface area contributed by atoms with Crippen LogP contribution < -0.4 is 21.5 Å². The number of aromatic nitrogens is 4. The number of carbonyl (C=O) groups is 1. The fourth-order valence-corrected chi connectivity index (χ4v) is 4.57. The topological polar surface area (TPSA) is 111 Å². The molecule has 2 aromatic heterocycles. The number of piperidine rings is 1. The number of nitrogens with zero attached hydrogens (tertiary/aromatic N) is 5. The average molecular weight is 494 g/mol. The predicted octanol–water partition coefficient (Wildman–Crippen LogP) is 2.89. The second-order valence-corrected chi connectivity index (χ2v) is 8.89. The summed E-state index contributed by atoms with van der Waals surface area (Å²) in [6, 6.07) is 9.10. The van der Waals surface area contributed by atoms with E-state index < -0.39 is 28.8 Å². The highest BCUT2D eigenvalue weighted by atomic mass is 19.1. The standard InChI is InChI=1S/C25H25F2N7O2/c1-14-29-22-20(32(14)2)10-8-18(24(22)33-12-4-5-15(28)13-33)30-25(36)19-9-11-21(35)34(31-19)23-16(26)6-3-7-17(23)27/h3,6-11,15H,4-5,12-13,28H2,1-2H3,(H,30,36)/t15-/m1/s1. The average Bonchev–Trinajstić information content (AvgIpc) is 3.13. The molecule has 11 heteroatoms. The molecule has 1 saturated heterocycles. The minimum atomic E-state index is -0.971. The summed E-state index contributed by atoms with van der Waals surface area (Å²) < 4.78 is 31.1. The SMILES string of the molecule is Cc1nc2c(N3CCC[C@@H](N)C3)c(NC(=O)c3ccc(=O)n(-c4c(F)cccc4F)n3)ccc2n1C. The van der Waals surface area contributed by atoms with Crippen LogP contribution >= 0.6 is 0 Å². The van der Waals surface area contributed by atoms with Crippen molar-refractivity contribution in [2.45, 2.75) is 25.8 Å². The van der Waals surface area contributed by atoms with Gasteiger partial charge < -0.3 is 20.5 Å². The number of imidazole rings is 1. The van der Waals surface area contributed by atoms with Crippen molar-refractivity contribution in [3.63, 3.8) is 0 Å². The van der Waals surface area contributed by atoms with Gasteiger partial charge in [-0.1, -0.05) is 6.07 Å². The molecule has 0 bridgehead atoms. The number of anilines is 2. The molecule has 3 heterocycles. The third-order valence-corrected chi connectivity index (χ3v) is 6.45. The molecular formula is C25H25F2N7O2. The number of halogens is 2. The second kappa shape index (κ2) is 9.15. The third kappa shape index (κ3) is 4.11. The fraction of sp³-hybridized carbons (Fsp3) is 0.280. The first-order valence-electron chi connectivity index (χ1n) is 11.6. The quantitative estimate of drug-likeness (QED) is 0.452. The Morgan fingerprint density at radius 2 is 1.86 bits per heavy atom. The molecular weight excluding hydrogens is 468 g/mol. The van der Waals surface area contributed by atoms with Crippen molar-refractivity contribution in [2.24, 2.45) is 12.8 Å². The first-order chi connectivity index (χ1) is 17.2. The molecule has 2 aromatic carbocycles. The molecule has 9 nitrogen and oxygen atoms in total. The Labute approximate surface area is 205 Å². The van der Waals surface area contributed by atoms with Crippen LogP contribution in [0.3, 0.4) is 0 Å². The van der Waals surface area contributed by atoms with Crippen LogP contribution in [0, 0.1) is 18.6 Å². The zero-order valence-electron chi connectivity index (χ0n) is 19.8. The Morgan fingerprint density at radius 3 is 2.58 bits per heavy atom. The number of aryl methyl sites for hydroxylation is 2. The van der Waals surface area contributed by atoms with Gasteiger partial charge in [-0.2, -0.15) is 9.78 Å². The van der Waals surface area contributed by atoms with Crippen LogP contribution in [0.1, 0.15) is 29.2 Å². The van der Waals surface area contributed by atoms with Gasteiger partial charge in [-0.05, 0) is 50.1 Å². The Morgan fingerprint density at radius 1 is 1.11 bits per heavy atom. The summed E-state index contributed by atoms with van der Waals surface area (Å²) in [5, 5.41) is 6.81. The van der Waals surface area contributed by atoms with Gasteiger partial charge >= 0.3 is 0 Å². The summed E-state index contributed by atoms with van der Waals surface area (Å²) in [6.07, 6.45) is 1.81. The van der Waals surface area contributed by atoms with Gasteiger partial charge in [-0.3, -0.25) is 9.59 Å². The third-order valence-electron chi connectivity index (χ3n) is 6.45. The van der Waals surface area contributed by atoms with Gasteiger partial charge in [0.15, 0.2) is 11.6 Å². The largest absolute Gasteiger partial charge is 0.366 e. The number of fused-ring (bicyclic) bond motifs is 1. The maximum Gasteiger partial charge on any atom is 0.276 e. The summed E-state index contributed by atoms with van der Waals surface area (Å²) in [5.74, 6) is -1.77. The van der Waals surface area contributed by atoms with Crippen molar-refractivity contribution >= 4 is 28.3 Å². The number of carbonyl (C=O) groups excluding carboxylic acids is 1. The van der Waals surface area contributed by atoms with Gasteiger partial charge in [0.05, 0.1) is 16.9 Å². The van der Waals surface area contributed by atoms with E-state index in [0.717, 1.165) is 60.1 Å². The number of hydrogen-bond acceptors (Lipinski definition) is 6. The molecule has 0 radical (unpaired) electrons. The Hall–Kier alpha value is -4.12. The van der Waals surface area contributed by atoms with E-state index in [1.54, 1.807) is 6.07 Å². The molecule has 0 spiro atoms. The van der Waals surface area contributed by atoms with E-state index in [9.17, 15) is 18.4 Å². The molecule has 36 heavy (non-hydrogen) atoms. The molecule has 0 unspecified atom stereocenters. The van der Waals surface area contributed by atoms with Crippen LogP contribution in [-0.2, 0) is 7.05 Å². The van der Waals surface area contributed by atoms with Gasteiger partial charge in [-0.25, -0.2) is 13.8 Å². The minimum absolute atomic E-state index is 0.0109. The van der Waals surface area contributed by atoms with E-state index in [0.29, 0.717) is 16.9 Å². The zero-order valence-corrected chi connectivity index (χ0v) is 19.8. The van der Waals surface area contributed by atoms with Crippen molar-refractivity contribution in [1.82, 2.24) is 19.3 Å². The summed E-state index contributed by atoms with van der Waals surface area (Å²) in [7, 11) is 1.92. The molecule has 0 aliphatic carbocycles. The Kier molecular flexibility index (Phi) is 6.00. The van der Waals surface area contributed by atoms with Gasteiger partial charge in [0.1, 0.15) is 22.7 Å². The lowest BCUT2D eigenvalue weighted by Gasteiger charge is -2.34. The van der Waals surface area contributed by atoms with Crippen LogP contribution in [0.4, 0.5) is 20.2 Å². The summed E-state index contributed by atoms with van der Waals surface area (Å²) in [6.45, 7) is 3.26. The smallest absolute Gasteiger partial charge is 0.276 e. The molecule has 1 aliphatic heterocycles. The Balaban J connectivity index is 1.56. The van der Waals surface area contributed by atoms with E-state index in [1.807, 2.05) is 24.6 Å². The van der Waals surface area contributed by atoms with Crippen LogP contribution in [0.25, 0.3) is 16.7 Å². The zero-order chi connectivity index (χ0) is 25.6. The van der Waals surface area contributed by atoms with Crippen molar-refractivity contribution in [1.29, 1.82) is 0 Å². The number of nitrogens with one attached hydrogen (secondary N) is 1. The number of nitrogens with two attached hydrogens (primary N) is 1. The molecule has 1 atom stereocenters. The Bertz CT molecular complexity index is 1530. The summed E-state index contributed by atoms with van der Waals surface area (Å²) in [4.78, 5) is 32.4. The van der Waals surface area contributed by atoms with Gasteiger partial charge in [0, 0.05) is 32.2 Å². The van der Waals surface area contributed by atoms with E-state index in [2.05, 4.69) is 15.3 Å². The lowest BCUT2D eigenvalue weighted by atomic mass is 10.0. The lowest BCUT2D eigenvalue weighted by Crippen LogP contribution is -2.43. The van der Waals surface area contributed by atoms with Crippen molar-refractivity contribution in [3.05, 3.63) is 76.0 Å². The minimum Gasteiger partial charge on any atom is -0.366 e. The molecule has 1 fully saturated rings. The van der Waals surface area contributed by atoms with Crippen molar-refractivity contribution in [3.8, 4) is 5.69 Å². The fourth-order valence-electron chi connectivity index (χ4n) is 4.57. The van der Waals surface area contributed by atoms with E-state index in [-0.39, 0.29) is 11.7 Å². The number of benzene rings is 2. The monoisotopic (exact) mass is 493 g/mol. The maximum absolute atomic E-state index is 14.3. The molecule has 3 N–H and O–H groups in total. The highest BCUT2D eigenvalue weighted by Crippen LogP contribution is 2.36. The molecule has 1 amide bonds. The van der Waals surface area contributed by atoms with Crippen molar-refractivity contribution < 1.29 is 13.6 Å². The first kappa shape index (κ1) is 23.6. The number of para-hydroxylation sites is 1. The molecule has 186 valence electrons. The van der Waals surface area contributed by atoms with Crippen LogP contribution in [-0.4, -0.2) is 44.4 Å². The van der Waals surface area contributed by atoms with Gasteiger partial charge in [0.2, 0.25) is 0 Å². The highest BCUT2D eigenvalue weighted by molar-refractivity contribution is 6.08.